The van der Waals surface area contributed by atoms with Gasteiger partial charge in [0, 0.05) is 11.1 Å². The van der Waals surface area contributed by atoms with E-state index >= 15 is 0 Å². The first kappa shape index (κ1) is 14.7. The van der Waals surface area contributed by atoms with E-state index in [0.717, 1.165) is 0 Å². The van der Waals surface area contributed by atoms with Gasteiger partial charge < -0.3 is 0 Å². The topological polar surface area (TPSA) is 72.2 Å². The second-order valence-electron chi connectivity index (χ2n) is 4.88. The highest BCUT2D eigenvalue weighted by molar-refractivity contribution is 7.91. The molecule has 0 amide bonds. The zero-order valence-electron chi connectivity index (χ0n) is 10.3. The molecule has 0 aromatic heterocycles. The Kier molecular flexibility index (Phi) is 4.45. The van der Waals surface area contributed by atoms with Crippen molar-refractivity contribution in [1.82, 2.24) is 5.43 Å². The van der Waals surface area contributed by atoms with Crippen molar-refractivity contribution in [2.75, 3.05) is 11.5 Å². The molecule has 1 aliphatic rings. The minimum atomic E-state index is -2.98. The molecule has 2 unspecified atom stereocenters. The molecule has 1 saturated heterocycles. The molecule has 0 bridgehead atoms. The van der Waals surface area contributed by atoms with Crippen LogP contribution in [0.5, 0.6) is 0 Å². The van der Waals surface area contributed by atoms with Gasteiger partial charge in [0.1, 0.15) is 5.82 Å². The van der Waals surface area contributed by atoms with Gasteiger partial charge in [-0.1, -0.05) is 11.6 Å². The van der Waals surface area contributed by atoms with Crippen molar-refractivity contribution in [1.29, 1.82) is 0 Å². The van der Waals surface area contributed by atoms with Gasteiger partial charge in [0.25, 0.3) is 0 Å². The summed E-state index contributed by atoms with van der Waals surface area (Å²) >= 11 is 5.83. The van der Waals surface area contributed by atoms with Gasteiger partial charge in [0.15, 0.2) is 9.84 Å². The first-order chi connectivity index (χ1) is 8.91. The number of nitrogens with two attached hydrogens (primary N) is 1. The van der Waals surface area contributed by atoms with Crippen molar-refractivity contribution >= 4 is 21.4 Å². The molecule has 0 saturated carbocycles. The molecule has 106 valence electrons. The summed E-state index contributed by atoms with van der Waals surface area (Å²) in [7, 11) is -2.98. The number of hydrazine groups is 1. The molecule has 1 aliphatic heterocycles. The Labute approximate surface area is 117 Å². The van der Waals surface area contributed by atoms with E-state index in [1.54, 1.807) is 6.07 Å². The first-order valence-corrected chi connectivity index (χ1v) is 8.21. The Bertz CT molecular complexity index is 565. The van der Waals surface area contributed by atoms with E-state index < -0.39 is 9.84 Å². The molecule has 7 heteroatoms. The van der Waals surface area contributed by atoms with Crippen LogP contribution in [-0.2, 0) is 16.3 Å². The second-order valence-corrected chi connectivity index (χ2v) is 7.54. The van der Waals surface area contributed by atoms with Gasteiger partial charge in [-0.15, -0.1) is 0 Å². The fraction of sp³-hybridized carbons (Fsp3) is 0.500. The highest BCUT2D eigenvalue weighted by atomic mass is 35.5. The molecule has 0 radical (unpaired) electrons. The summed E-state index contributed by atoms with van der Waals surface area (Å²) in [4.78, 5) is 0. The predicted octanol–water partition coefficient (Wildman–Crippen LogP) is 1.29. The number of halogens is 2. The lowest BCUT2D eigenvalue weighted by molar-refractivity contribution is 0.381. The van der Waals surface area contributed by atoms with Gasteiger partial charge in [-0.05, 0) is 42.5 Å². The Hall–Kier alpha value is -0.690. The van der Waals surface area contributed by atoms with Crippen LogP contribution in [0.15, 0.2) is 18.2 Å². The summed E-state index contributed by atoms with van der Waals surface area (Å²) in [6.45, 7) is 0. The van der Waals surface area contributed by atoms with E-state index in [0.29, 0.717) is 23.4 Å². The van der Waals surface area contributed by atoms with Gasteiger partial charge in [0.05, 0.1) is 11.5 Å². The van der Waals surface area contributed by atoms with Gasteiger partial charge in [0.2, 0.25) is 0 Å². The normalized spacial score (nSPS) is 23.4. The van der Waals surface area contributed by atoms with Crippen molar-refractivity contribution in [2.45, 2.75) is 18.9 Å². The maximum atomic E-state index is 13.7. The van der Waals surface area contributed by atoms with Crippen LogP contribution in [0.3, 0.4) is 0 Å². The number of hydrogen-bond acceptors (Lipinski definition) is 4. The lowest BCUT2D eigenvalue weighted by atomic mass is 9.93. The summed E-state index contributed by atoms with van der Waals surface area (Å²) in [6, 6.07) is 4.05. The molecule has 2 atom stereocenters. The monoisotopic (exact) mass is 306 g/mol. The third-order valence-electron chi connectivity index (χ3n) is 3.50. The summed E-state index contributed by atoms with van der Waals surface area (Å²) in [5.74, 6) is 5.31. The zero-order valence-corrected chi connectivity index (χ0v) is 11.8. The molecule has 0 spiro atoms. The number of hydrogen-bond donors (Lipinski definition) is 2. The van der Waals surface area contributed by atoms with E-state index in [4.69, 9.17) is 17.4 Å². The maximum Gasteiger partial charge on any atom is 0.150 e. The van der Waals surface area contributed by atoms with Crippen molar-refractivity contribution in [2.24, 2.45) is 11.8 Å². The van der Waals surface area contributed by atoms with Gasteiger partial charge >= 0.3 is 0 Å². The largest absolute Gasteiger partial charge is 0.271 e. The van der Waals surface area contributed by atoms with E-state index in [2.05, 4.69) is 5.43 Å². The molecule has 0 aliphatic carbocycles. The molecule has 1 heterocycles. The third kappa shape index (κ3) is 3.66. The van der Waals surface area contributed by atoms with Crippen molar-refractivity contribution in [3.8, 4) is 0 Å². The van der Waals surface area contributed by atoms with Crippen molar-refractivity contribution < 1.29 is 12.8 Å². The quantitative estimate of drug-likeness (QED) is 0.649. The van der Waals surface area contributed by atoms with E-state index in [-0.39, 0.29) is 29.3 Å². The number of sulfone groups is 1. The Morgan fingerprint density at radius 3 is 2.84 bits per heavy atom. The Morgan fingerprint density at radius 2 is 2.26 bits per heavy atom. The van der Waals surface area contributed by atoms with Gasteiger partial charge in [-0.25, -0.2) is 12.8 Å². The first-order valence-electron chi connectivity index (χ1n) is 6.02. The smallest absolute Gasteiger partial charge is 0.150 e. The van der Waals surface area contributed by atoms with Crippen LogP contribution in [0.4, 0.5) is 4.39 Å². The summed E-state index contributed by atoms with van der Waals surface area (Å²) in [5, 5.41) is 0.450. The van der Waals surface area contributed by atoms with Crippen LogP contribution >= 0.6 is 11.6 Å². The van der Waals surface area contributed by atoms with Crippen LogP contribution in [-0.4, -0.2) is 26.0 Å². The maximum absolute atomic E-state index is 13.7. The zero-order chi connectivity index (χ0) is 14.0. The number of benzene rings is 1. The minimum Gasteiger partial charge on any atom is -0.271 e. The SMILES string of the molecule is NNC(Cc1cc(Cl)ccc1F)C1CCS(=O)(=O)C1. The molecule has 4 nitrogen and oxygen atoms in total. The third-order valence-corrected chi connectivity index (χ3v) is 5.53. The number of rotatable bonds is 4. The second kappa shape index (κ2) is 5.75. The standard InChI is InChI=1S/C12H16ClFN2O2S/c13-10-1-2-11(14)9(5-10)6-12(16-15)8-3-4-19(17,18)7-8/h1-2,5,8,12,16H,3-4,6-7,15H2. The van der Waals surface area contributed by atoms with Crippen LogP contribution in [0.25, 0.3) is 0 Å². The highest BCUT2D eigenvalue weighted by Gasteiger charge is 2.33. The Balaban J connectivity index is 2.13. The highest BCUT2D eigenvalue weighted by Crippen LogP contribution is 2.25. The molecule has 1 aromatic carbocycles. The Morgan fingerprint density at radius 1 is 1.53 bits per heavy atom. The van der Waals surface area contributed by atoms with E-state index in [1.165, 1.54) is 12.1 Å². The van der Waals surface area contributed by atoms with Crippen LogP contribution < -0.4 is 11.3 Å². The molecular weight excluding hydrogens is 291 g/mol. The summed E-state index contributed by atoms with van der Waals surface area (Å²) < 4.78 is 36.6. The van der Waals surface area contributed by atoms with Crippen LogP contribution in [0.2, 0.25) is 5.02 Å². The average molecular weight is 307 g/mol. The summed E-state index contributed by atoms with van der Waals surface area (Å²) in [6.07, 6.45) is 0.877. The molecule has 1 fully saturated rings. The fourth-order valence-electron chi connectivity index (χ4n) is 2.44. The molecular formula is C12H16ClFN2O2S. The van der Waals surface area contributed by atoms with Crippen LogP contribution in [0.1, 0.15) is 12.0 Å². The van der Waals surface area contributed by atoms with E-state index in [1.807, 2.05) is 0 Å². The van der Waals surface area contributed by atoms with Crippen molar-refractivity contribution in [3.63, 3.8) is 0 Å². The van der Waals surface area contributed by atoms with E-state index in [9.17, 15) is 12.8 Å². The average Bonchev–Trinajstić information content (AvgIpc) is 2.70. The lowest BCUT2D eigenvalue weighted by Crippen LogP contribution is -2.43. The van der Waals surface area contributed by atoms with Crippen LogP contribution in [0, 0.1) is 11.7 Å². The van der Waals surface area contributed by atoms with Gasteiger partial charge in [-0.2, -0.15) is 0 Å². The minimum absolute atomic E-state index is 0.0895. The predicted molar refractivity (Wildman–Crippen MR) is 73.0 cm³/mol. The van der Waals surface area contributed by atoms with Gasteiger partial charge in [-0.3, -0.25) is 11.3 Å². The number of nitrogens with one attached hydrogen (secondary N) is 1. The molecule has 2 rings (SSSR count). The molecule has 3 N–H and O–H groups in total. The molecule has 1 aromatic rings. The molecule has 19 heavy (non-hydrogen) atoms. The lowest BCUT2D eigenvalue weighted by Gasteiger charge is -2.22. The summed E-state index contributed by atoms with van der Waals surface area (Å²) in [5.41, 5.74) is 3.05. The van der Waals surface area contributed by atoms with Crippen molar-refractivity contribution in [3.05, 3.63) is 34.6 Å². The fourth-order valence-corrected chi connectivity index (χ4v) is 4.51.